The van der Waals surface area contributed by atoms with Gasteiger partial charge < -0.3 is 15.0 Å². The first-order chi connectivity index (χ1) is 17.5. The third-order valence-corrected chi connectivity index (χ3v) is 8.02. The van der Waals surface area contributed by atoms with Gasteiger partial charge in [-0.3, -0.25) is 13.7 Å². The van der Waals surface area contributed by atoms with Gasteiger partial charge in [0.2, 0.25) is 0 Å². The van der Waals surface area contributed by atoms with Crippen molar-refractivity contribution in [1.29, 1.82) is 0 Å². The van der Waals surface area contributed by atoms with Crippen LogP contribution in [-0.2, 0) is 45.9 Å². The van der Waals surface area contributed by atoms with E-state index in [0.717, 1.165) is 30.3 Å². The topological polar surface area (TPSA) is 270 Å². The monoisotopic (exact) mass is 611 g/mol. The number of phenols is 1. The number of hydrogen-bond acceptors (Lipinski definition) is 13. The fourth-order valence-electron chi connectivity index (χ4n) is 3.11. The number of anilines is 1. The predicted molar refractivity (Wildman–Crippen MR) is 131 cm³/mol. The van der Waals surface area contributed by atoms with Gasteiger partial charge in [0.05, 0.1) is 28.6 Å². The molecule has 3 rings (SSSR count). The molecule has 0 aromatic heterocycles. The zero-order chi connectivity index (χ0) is 28.5. The molecule has 0 saturated carbocycles. The average Bonchev–Trinajstić information content (AvgIpc) is 2.76. The van der Waals surface area contributed by atoms with Crippen molar-refractivity contribution in [2.45, 2.75) is 9.79 Å². The summed E-state index contributed by atoms with van der Waals surface area (Å²) >= 11 is -2.76. The van der Waals surface area contributed by atoms with Crippen molar-refractivity contribution in [3.05, 3.63) is 42.5 Å². The van der Waals surface area contributed by atoms with Gasteiger partial charge in [0, 0.05) is 11.5 Å². The highest BCUT2D eigenvalue weighted by Crippen LogP contribution is 2.43. The molecule has 0 fully saturated rings. The van der Waals surface area contributed by atoms with Gasteiger partial charge in [-0.25, -0.2) is 12.6 Å². The van der Waals surface area contributed by atoms with Gasteiger partial charge in [0.1, 0.15) is 22.1 Å². The van der Waals surface area contributed by atoms with Crippen LogP contribution < -0.4 is 9.92 Å². The number of rotatable bonds is 10. The third-order valence-electron chi connectivity index (χ3n) is 4.66. The molecule has 38 heavy (non-hydrogen) atoms. The number of azo groups is 1. The van der Waals surface area contributed by atoms with Crippen LogP contribution in [0.4, 0.5) is 17.1 Å². The number of nitrogens with two attached hydrogens (primary N) is 1. The van der Waals surface area contributed by atoms with Gasteiger partial charge in [-0.05, 0) is 41.8 Å². The lowest BCUT2D eigenvalue weighted by Crippen LogP contribution is -2.15. The number of fused-ring (bicyclic) bond motifs is 1. The molecular formula is C18H17N3O13S4. The van der Waals surface area contributed by atoms with Crippen LogP contribution in [0.2, 0.25) is 0 Å². The molecule has 0 bridgehead atoms. The molecule has 0 spiro atoms. The molecule has 0 radical (unpaired) electrons. The van der Waals surface area contributed by atoms with E-state index in [-0.39, 0.29) is 27.1 Å². The minimum absolute atomic E-state index is 0.00249. The summed E-state index contributed by atoms with van der Waals surface area (Å²) in [6.07, 6.45) is 0. The summed E-state index contributed by atoms with van der Waals surface area (Å²) in [7, 11) is -13.8. The fraction of sp³-hybridized carbons (Fsp3) is 0.111. The van der Waals surface area contributed by atoms with Gasteiger partial charge in [0.25, 0.3) is 10.1 Å². The maximum absolute atomic E-state index is 12.3. The number of nitrogens with zero attached hydrogens (tertiary/aromatic N) is 2. The third kappa shape index (κ3) is 7.20. The molecular weight excluding hydrogens is 594 g/mol. The molecule has 0 aliphatic carbocycles. The standard InChI is InChI=1S/C18H17N3O13S4/c19-17-16-10(7-12(9-14(16)22)34-35(23)24)8-15(37(27,28)29)18(17)21-20-11-1-3-13(4-2-11)36(25,26)6-5-33-38(30,31)32/h1-4,7-9,22H,5-6,19H2,(H,23,24)(H,27,28,29)(H,30,31,32). The molecule has 1 unspecified atom stereocenters. The molecule has 0 aliphatic rings. The molecule has 6 N–H and O–H groups in total. The number of hydrogen-bond donors (Lipinski definition) is 5. The van der Waals surface area contributed by atoms with E-state index in [9.17, 15) is 39.1 Å². The first kappa shape index (κ1) is 29.3. The average molecular weight is 612 g/mol. The van der Waals surface area contributed by atoms with Crippen molar-refractivity contribution in [1.82, 2.24) is 0 Å². The largest absolute Gasteiger partial charge is 0.507 e. The van der Waals surface area contributed by atoms with E-state index in [4.69, 9.17) is 14.8 Å². The van der Waals surface area contributed by atoms with Crippen LogP contribution in [0.3, 0.4) is 0 Å². The predicted octanol–water partition coefficient (Wildman–Crippen LogP) is 1.90. The summed E-state index contributed by atoms with van der Waals surface area (Å²) in [5.41, 5.74) is 4.98. The first-order valence-corrected chi connectivity index (χ1v) is 15.2. The Hall–Kier alpha value is -3.24. The van der Waals surface area contributed by atoms with Crippen molar-refractivity contribution in [2.24, 2.45) is 10.2 Å². The van der Waals surface area contributed by atoms with Gasteiger partial charge in [0.15, 0.2) is 9.84 Å². The first-order valence-electron chi connectivity index (χ1n) is 9.70. The Morgan fingerprint density at radius 3 is 2.13 bits per heavy atom. The van der Waals surface area contributed by atoms with E-state index in [0.29, 0.717) is 0 Å². The second-order valence-electron chi connectivity index (χ2n) is 7.22. The molecule has 16 nitrogen and oxygen atoms in total. The minimum Gasteiger partial charge on any atom is -0.507 e. The van der Waals surface area contributed by atoms with Crippen molar-refractivity contribution in [3.63, 3.8) is 0 Å². The fourth-order valence-corrected chi connectivity index (χ4v) is 5.54. The Morgan fingerprint density at radius 1 is 0.947 bits per heavy atom. The van der Waals surface area contributed by atoms with Crippen LogP contribution >= 0.6 is 0 Å². The zero-order valence-electron chi connectivity index (χ0n) is 18.5. The number of phenolic OH excluding ortho intramolecular Hbond substituents is 1. The summed E-state index contributed by atoms with van der Waals surface area (Å²) in [6.45, 7) is -0.833. The second-order valence-corrected chi connectivity index (χ2v) is 12.4. The summed E-state index contributed by atoms with van der Waals surface area (Å²) in [5, 5.41) is 17.6. The van der Waals surface area contributed by atoms with Gasteiger partial charge in [-0.15, -0.1) is 5.11 Å². The lowest BCUT2D eigenvalue weighted by atomic mass is 10.1. The van der Waals surface area contributed by atoms with Crippen LogP contribution in [0.1, 0.15) is 0 Å². The summed E-state index contributed by atoms with van der Waals surface area (Å²) in [4.78, 5) is -1.09. The summed E-state index contributed by atoms with van der Waals surface area (Å²) in [5.74, 6) is -1.67. The Bertz CT molecular complexity index is 1770. The molecule has 0 saturated heterocycles. The van der Waals surface area contributed by atoms with Crippen LogP contribution in [0, 0.1) is 0 Å². The highest BCUT2D eigenvalue weighted by atomic mass is 32.3. The van der Waals surface area contributed by atoms with Crippen LogP contribution in [-0.4, -0.2) is 60.6 Å². The molecule has 0 aliphatic heterocycles. The van der Waals surface area contributed by atoms with Crippen LogP contribution in [0.25, 0.3) is 10.8 Å². The molecule has 3 aromatic rings. The van der Waals surface area contributed by atoms with Gasteiger partial charge in [-0.2, -0.15) is 26.2 Å². The number of benzene rings is 3. The quantitative estimate of drug-likeness (QED) is 0.0948. The van der Waals surface area contributed by atoms with Crippen molar-refractivity contribution >= 4 is 69.6 Å². The van der Waals surface area contributed by atoms with Gasteiger partial charge >= 0.3 is 21.8 Å². The van der Waals surface area contributed by atoms with E-state index in [1.54, 1.807) is 0 Å². The maximum Gasteiger partial charge on any atom is 0.397 e. The Kier molecular flexibility index (Phi) is 8.38. The zero-order valence-corrected chi connectivity index (χ0v) is 21.8. The normalized spacial score (nSPS) is 13.7. The lowest BCUT2D eigenvalue weighted by molar-refractivity contribution is 0.284. The SMILES string of the molecule is Nc1c(N=Nc2ccc(S(=O)(=O)CCOS(=O)(=O)O)cc2)c(S(=O)(=O)O)cc2cc(OS(=O)O)cc(O)c12. The molecule has 0 amide bonds. The van der Waals surface area contributed by atoms with Crippen LogP contribution in [0.5, 0.6) is 11.5 Å². The molecule has 3 aromatic carbocycles. The maximum atomic E-state index is 12.3. The van der Waals surface area contributed by atoms with E-state index >= 15 is 0 Å². The number of nitrogen functional groups attached to an aromatic ring is 1. The van der Waals surface area contributed by atoms with E-state index in [1.807, 2.05) is 0 Å². The summed E-state index contributed by atoms with van der Waals surface area (Å²) < 4.78 is 116. The van der Waals surface area contributed by atoms with Crippen molar-refractivity contribution in [3.8, 4) is 11.5 Å². The second kappa shape index (κ2) is 10.9. The number of aromatic hydroxyl groups is 1. The molecule has 206 valence electrons. The Labute approximate surface area is 217 Å². The smallest absolute Gasteiger partial charge is 0.397 e. The minimum atomic E-state index is -4.96. The van der Waals surface area contributed by atoms with Crippen molar-refractivity contribution in [2.75, 3.05) is 18.1 Å². The van der Waals surface area contributed by atoms with E-state index in [2.05, 4.69) is 18.6 Å². The molecule has 1 atom stereocenters. The molecule has 20 heteroatoms. The van der Waals surface area contributed by atoms with E-state index < -0.39 is 76.1 Å². The Balaban J connectivity index is 1.99. The van der Waals surface area contributed by atoms with Crippen LogP contribution in [0.15, 0.2) is 62.5 Å². The highest BCUT2D eigenvalue weighted by Gasteiger charge is 2.23. The number of sulfone groups is 1. The molecule has 0 heterocycles. The highest BCUT2D eigenvalue weighted by molar-refractivity contribution is 7.91. The Morgan fingerprint density at radius 2 is 1.58 bits per heavy atom. The summed E-state index contributed by atoms with van der Waals surface area (Å²) in [6, 6.07) is 7.38. The van der Waals surface area contributed by atoms with E-state index in [1.165, 1.54) is 12.1 Å². The lowest BCUT2D eigenvalue weighted by Gasteiger charge is -2.12. The van der Waals surface area contributed by atoms with Gasteiger partial charge in [-0.1, -0.05) is 0 Å². The van der Waals surface area contributed by atoms with Crippen molar-refractivity contribution < 1.29 is 56.6 Å².